The minimum Gasteiger partial charge on any atom is -0.384 e. The van der Waals surface area contributed by atoms with Gasteiger partial charge in [-0.15, -0.1) is 0 Å². The number of amides is 1. The summed E-state index contributed by atoms with van der Waals surface area (Å²) in [5.41, 5.74) is 6.41. The van der Waals surface area contributed by atoms with Gasteiger partial charge in [-0.25, -0.2) is 14.7 Å². The Hall–Kier alpha value is -3.15. The van der Waals surface area contributed by atoms with Crippen molar-refractivity contribution in [1.29, 1.82) is 0 Å². The maximum Gasteiger partial charge on any atom is 0.392 e. The maximum absolute atomic E-state index is 13.3. The number of allylic oxidation sites excluding steroid dienone is 2. The zero-order valence-electron chi connectivity index (χ0n) is 20.8. The lowest BCUT2D eigenvalue weighted by molar-refractivity contribution is -0.175. The van der Waals surface area contributed by atoms with E-state index in [-0.39, 0.29) is 42.1 Å². The van der Waals surface area contributed by atoms with Crippen LogP contribution >= 0.6 is 0 Å². The molecule has 0 saturated carbocycles. The number of halogens is 3. The first-order valence-corrected chi connectivity index (χ1v) is 13.5. The number of carbonyl (C=O) groups is 1. The number of nitrogens with two attached hydrogens (primary N) is 1. The van der Waals surface area contributed by atoms with Gasteiger partial charge in [0, 0.05) is 12.1 Å². The summed E-state index contributed by atoms with van der Waals surface area (Å²) in [6.45, 7) is 6.67. The number of hydrogen-bond donors (Lipinski definition) is 2. The van der Waals surface area contributed by atoms with Crippen LogP contribution < -0.4 is 15.4 Å². The molecule has 3 N–H and O–H groups in total. The third-order valence-corrected chi connectivity index (χ3v) is 8.13. The number of nitrogen functional groups attached to an aromatic ring is 1. The maximum atomic E-state index is 13.3. The van der Waals surface area contributed by atoms with Gasteiger partial charge in [-0.05, 0) is 75.3 Å². The van der Waals surface area contributed by atoms with Crippen LogP contribution in [-0.4, -0.2) is 42.6 Å². The van der Waals surface area contributed by atoms with Gasteiger partial charge in [0.2, 0.25) is 0 Å². The molecule has 1 aliphatic carbocycles. The van der Waals surface area contributed by atoms with E-state index in [1.165, 1.54) is 24.3 Å². The molecule has 1 saturated heterocycles. The van der Waals surface area contributed by atoms with Gasteiger partial charge >= 0.3 is 6.18 Å². The van der Waals surface area contributed by atoms with Crippen LogP contribution in [0.3, 0.4) is 0 Å². The van der Waals surface area contributed by atoms with Gasteiger partial charge in [0.1, 0.15) is 11.6 Å². The first-order valence-electron chi connectivity index (χ1n) is 12.0. The quantitative estimate of drug-likeness (QED) is 0.575. The van der Waals surface area contributed by atoms with Crippen molar-refractivity contribution < 1.29 is 26.4 Å². The predicted molar refractivity (Wildman–Crippen MR) is 134 cm³/mol. The molecule has 1 amide bonds. The first kappa shape index (κ1) is 26.9. The van der Waals surface area contributed by atoms with E-state index in [4.69, 9.17) is 10.7 Å². The minimum atomic E-state index is -4.32. The Balaban J connectivity index is 1.71. The molecule has 200 valence electrons. The molecule has 1 unspecified atom stereocenters. The molecule has 8 nitrogen and oxygen atoms in total. The monoisotopic (exact) mass is 537 g/mol. The summed E-state index contributed by atoms with van der Waals surface area (Å²) in [4.78, 5) is 23.7. The van der Waals surface area contributed by atoms with Crippen LogP contribution in [0.25, 0.3) is 5.57 Å². The SMILES string of the molecule is C[C@@H]1CN(c2nc(C3=CCC(C(F)(F)F)CC3)ccc2C(=O)NS(=O)(=O)c2cccc(N)n2)C(C)(C)C1. The molecular formula is C25H30F3N5O3S. The van der Waals surface area contributed by atoms with Crippen LogP contribution in [0.2, 0.25) is 0 Å². The van der Waals surface area contributed by atoms with E-state index in [2.05, 4.69) is 11.9 Å². The highest BCUT2D eigenvalue weighted by atomic mass is 32.2. The average molecular weight is 538 g/mol. The molecule has 1 fully saturated rings. The molecule has 2 atom stereocenters. The van der Waals surface area contributed by atoms with Gasteiger partial charge in [-0.3, -0.25) is 4.79 Å². The Labute approximate surface area is 214 Å². The largest absolute Gasteiger partial charge is 0.392 e. The Bertz CT molecular complexity index is 1340. The summed E-state index contributed by atoms with van der Waals surface area (Å²) in [6, 6.07) is 7.10. The van der Waals surface area contributed by atoms with Crippen LogP contribution in [0.15, 0.2) is 41.4 Å². The van der Waals surface area contributed by atoms with Crippen molar-refractivity contribution in [3.05, 3.63) is 47.7 Å². The number of aromatic nitrogens is 2. The summed E-state index contributed by atoms with van der Waals surface area (Å²) in [7, 11) is -4.32. The Kier molecular flexibility index (Phi) is 7.00. The summed E-state index contributed by atoms with van der Waals surface area (Å²) in [5.74, 6) is -1.70. The van der Waals surface area contributed by atoms with Crippen LogP contribution in [0.1, 0.15) is 62.5 Å². The lowest BCUT2D eigenvalue weighted by Crippen LogP contribution is -2.41. The van der Waals surface area contributed by atoms with Crippen LogP contribution in [0.4, 0.5) is 24.8 Å². The van der Waals surface area contributed by atoms with E-state index in [1.54, 1.807) is 12.1 Å². The number of nitrogens with zero attached hydrogens (tertiary/aromatic N) is 3. The van der Waals surface area contributed by atoms with Gasteiger partial charge < -0.3 is 10.6 Å². The third-order valence-electron chi connectivity index (χ3n) is 6.90. The van der Waals surface area contributed by atoms with Crippen LogP contribution in [0, 0.1) is 11.8 Å². The van der Waals surface area contributed by atoms with Crippen LogP contribution in [-0.2, 0) is 10.0 Å². The molecule has 0 spiro atoms. The number of nitrogens with one attached hydrogen (secondary N) is 1. The lowest BCUT2D eigenvalue weighted by atomic mass is 9.87. The van der Waals surface area contributed by atoms with Gasteiger partial charge in [0.25, 0.3) is 15.9 Å². The first-order chi connectivity index (χ1) is 17.2. The fourth-order valence-electron chi connectivity index (χ4n) is 5.14. The van der Waals surface area contributed by atoms with E-state index in [1.807, 2.05) is 23.5 Å². The zero-order chi connectivity index (χ0) is 27.2. The number of sulfonamides is 1. The Morgan fingerprint density at radius 2 is 1.92 bits per heavy atom. The molecule has 0 radical (unpaired) electrons. The topological polar surface area (TPSA) is 118 Å². The second kappa shape index (κ2) is 9.62. The van der Waals surface area contributed by atoms with Gasteiger partial charge in [0.15, 0.2) is 5.03 Å². The Morgan fingerprint density at radius 3 is 2.49 bits per heavy atom. The number of anilines is 2. The highest BCUT2D eigenvalue weighted by Crippen LogP contribution is 2.41. The fourth-order valence-corrected chi connectivity index (χ4v) is 6.09. The molecule has 2 aromatic rings. The number of hydrogen-bond acceptors (Lipinski definition) is 7. The van der Waals surface area contributed by atoms with Crippen molar-refractivity contribution in [2.24, 2.45) is 11.8 Å². The van der Waals surface area contributed by atoms with Crippen molar-refractivity contribution >= 4 is 33.1 Å². The smallest absolute Gasteiger partial charge is 0.384 e. The molecule has 12 heteroatoms. The van der Waals surface area contributed by atoms with Gasteiger partial charge in [-0.1, -0.05) is 19.1 Å². The number of carbonyl (C=O) groups excluding carboxylic acids is 1. The lowest BCUT2D eigenvalue weighted by Gasteiger charge is -2.34. The third kappa shape index (κ3) is 5.73. The van der Waals surface area contributed by atoms with E-state index < -0.39 is 33.1 Å². The second-order valence-electron chi connectivity index (χ2n) is 10.4. The van der Waals surface area contributed by atoms with Crippen molar-refractivity contribution in [2.75, 3.05) is 17.2 Å². The van der Waals surface area contributed by atoms with Gasteiger partial charge in [-0.2, -0.15) is 21.6 Å². The highest BCUT2D eigenvalue weighted by molar-refractivity contribution is 7.90. The van der Waals surface area contributed by atoms with E-state index in [9.17, 15) is 26.4 Å². The van der Waals surface area contributed by atoms with Crippen molar-refractivity contribution in [3.8, 4) is 0 Å². The molecule has 4 rings (SSSR count). The van der Waals surface area contributed by atoms with Crippen LogP contribution in [0.5, 0.6) is 0 Å². The number of rotatable bonds is 5. The normalized spacial score (nSPS) is 22.0. The van der Waals surface area contributed by atoms with E-state index in [0.29, 0.717) is 23.6 Å². The minimum absolute atomic E-state index is 0.0108. The molecule has 2 aromatic heterocycles. The zero-order valence-corrected chi connectivity index (χ0v) is 21.7. The number of pyridine rings is 2. The molecule has 0 bridgehead atoms. The second-order valence-corrected chi connectivity index (χ2v) is 12.0. The fraction of sp³-hybridized carbons (Fsp3) is 0.480. The van der Waals surface area contributed by atoms with Crippen molar-refractivity contribution in [2.45, 2.75) is 63.2 Å². The molecule has 0 aromatic carbocycles. The standard InChI is InChI=1S/C25H30F3N5O3S/c1-15-13-24(2,3)33(14-15)22-18(23(34)32-37(35,36)21-6-4-5-20(29)31-21)11-12-19(30-22)16-7-9-17(10-8-16)25(26,27)28/h4-7,11-12,15,17H,8-10,13-14H2,1-3H3,(H2,29,31)(H,32,34)/t15-,17?/m0/s1. The summed E-state index contributed by atoms with van der Waals surface area (Å²) < 4.78 is 67.1. The van der Waals surface area contributed by atoms with Crippen molar-refractivity contribution in [3.63, 3.8) is 0 Å². The average Bonchev–Trinajstić information content (AvgIpc) is 3.09. The molecule has 3 heterocycles. The van der Waals surface area contributed by atoms with E-state index >= 15 is 0 Å². The summed E-state index contributed by atoms with van der Waals surface area (Å²) in [5, 5.41) is -0.395. The molecular weight excluding hydrogens is 507 g/mol. The predicted octanol–water partition coefficient (Wildman–Crippen LogP) is 4.55. The summed E-state index contributed by atoms with van der Waals surface area (Å²) >= 11 is 0. The van der Waals surface area contributed by atoms with Gasteiger partial charge in [0.05, 0.1) is 17.2 Å². The highest BCUT2D eigenvalue weighted by Gasteiger charge is 2.41. The molecule has 37 heavy (non-hydrogen) atoms. The molecule has 2 aliphatic rings. The van der Waals surface area contributed by atoms with Crippen molar-refractivity contribution in [1.82, 2.24) is 14.7 Å². The molecule has 1 aliphatic heterocycles. The Morgan fingerprint density at radius 1 is 1.19 bits per heavy atom. The summed E-state index contributed by atoms with van der Waals surface area (Å²) in [6.07, 6.45) is -1.83. The number of alkyl halides is 3. The van der Waals surface area contributed by atoms with E-state index in [0.717, 1.165) is 6.42 Å².